The van der Waals surface area contributed by atoms with Crippen molar-refractivity contribution in [3.63, 3.8) is 0 Å². The molecule has 12 aromatic rings. The molecule has 3 aromatic heterocycles. The largest absolute Gasteiger partial charge is 0.497 e. The molecule has 34 heteroatoms. The van der Waals surface area contributed by atoms with E-state index in [0.29, 0.717) is 142 Å². The molecule has 0 radical (unpaired) electrons. The molecule has 1 saturated carbocycles. The van der Waals surface area contributed by atoms with Crippen LogP contribution in [0.3, 0.4) is 0 Å². The number of Topliss-reactive ketones (excluding diaryl/α,β-unsaturated/α-hetero) is 1. The first-order valence-electron chi connectivity index (χ1n) is 46.4. The van der Waals surface area contributed by atoms with E-state index in [-0.39, 0.29) is 53.5 Å². The van der Waals surface area contributed by atoms with E-state index in [1.165, 1.54) is 81.3 Å². The Balaban J connectivity index is 0.000000156. The molecule has 3 aliphatic heterocycles. The van der Waals surface area contributed by atoms with Crippen LogP contribution in [0.4, 0.5) is 40.6 Å². The molecular weight excluding hydrogens is 1850 g/mol. The number of imidazole rings is 1. The molecule has 6 heterocycles. The monoisotopic (exact) mass is 1970 g/mol. The Labute approximate surface area is 820 Å². The number of amides is 2. The number of hydrogen-bond acceptors (Lipinski definition) is 23. The summed E-state index contributed by atoms with van der Waals surface area (Å²) < 4.78 is 111. The summed E-state index contributed by atoms with van der Waals surface area (Å²) in [6.07, 6.45) is 5.70. The summed E-state index contributed by atoms with van der Waals surface area (Å²) >= 11 is 12.2. The van der Waals surface area contributed by atoms with Gasteiger partial charge < -0.3 is 67.4 Å². The van der Waals surface area contributed by atoms with Gasteiger partial charge in [-0.05, 0) is 191 Å². The average molecular weight is 1970 g/mol. The Kier molecular flexibility index (Phi) is 38.3. The number of anilines is 4. The van der Waals surface area contributed by atoms with Gasteiger partial charge >= 0.3 is 23.8 Å². The van der Waals surface area contributed by atoms with Crippen molar-refractivity contribution in [2.75, 3.05) is 160 Å². The number of aryl methyl sites for hydroxylation is 1. The van der Waals surface area contributed by atoms with Crippen molar-refractivity contribution in [1.29, 1.82) is 0 Å². The number of esters is 2. The van der Waals surface area contributed by atoms with Crippen LogP contribution in [-0.4, -0.2) is 219 Å². The highest BCUT2D eigenvalue weighted by molar-refractivity contribution is 7.85. The van der Waals surface area contributed by atoms with E-state index in [2.05, 4.69) is 91.2 Å². The first-order chi connectivity index (χ1) is 67.1. The van der Waals surface area contributed by atoms with Crippen molar-refractivity contribution in [3.05, 3.63) is 283 Å². The predicted octanol–water partition coefficient (Wildman–Crippen LogP) is 19.0. The Bertz CT molecular complexity index is 6230. The lowest BCUT2D eigenvalue weighted by molar-refractivity contribution is -0.137. The number of halogens is 6. The highest BCUT2D eigenvalue weighted by Crippen LogP contribution is 2.39. The number of methoxy groups -OCH3 is 5. The maximum atomic E-state index is 14.0. The van der Waals surface area contributed by atoms with Crippen molar-refractivity contribution in [1.82, 2.24) is 38.7 Å². The summed E-state index contributed by atoms with van der Waals surface area (Å²) in [5.74, 6) is 2.61. The van der Waals surface area contributed by atoms with Crippen LogP contribution in [0.15, 0.2) is 221 Å². The number of benzene rings is 9. The molecule has 2 amide bonds. The SMILES string of the molecule is CC(=O)c1c(F)cccc1N1CCN(c2cccc(C(F)(F)F)c2)CC1.CCCOc1ccc2ccccc2c1CN(C)C(=O)C1CCCN(c2ncccn2)C1.CCN1CCN(Cc2ccc(NC(=O)c3cc(OC)c(OC)cc3OC)cc2)CC1.CCOC(=O)c1ccc2c(c1)n(Cc1occc1C(=O)OC)c(=O)n2CC.COc1ccc(CN(CCS(=O)c2cc(Cl)ccc2Cl)C2CC2)cc1. The lowest BCUT2D eigenvalue weighted by atomic mass is 9.96. The zero-order chi connectivity index (χ0) is 99.4. The fraction of sp³-hybridized carbons (Fsp3) is 0.371. The zero-order valence-electron chi connectivity index (χ0n) is 80.2. The third-order valence-electron chi connectivity index (χ3n) is 24.4. The minimum Gasteiger partial charge on any atom is -0.497 e. The first kappa shape index (κ1) is 105. The second kappa shape index (κ2) is 50.7. The van der Waals surface area contributed by atoms with E-state index in [9.17, 15) is 50.5 Å². The molecule has 3 saturated heterocycles. The van der Waals surface area contributed by atoms with Crippen LogP contribution in [0.1, 0.15) is 136 Å². The van der Waals surface area contributed by atoms with Gasteiger partial charge in [-0.15, -0.1) is 0 Å². The van der Waals surface area contributed by atoms with Crippen molar-refractivity contribution < 1.29 is 83.3 Å². The lowest BCUT2D eigenvalue weighted by Gasteiger charge is -2.38. The number of fused-ring (bicyclic) bond motifs is 2. The van der Waals surface area contributed by atoms with E-state index in [1.54, 1.807) is 105 Å². The zero-order valence-corrected chi connectivity index (χ0v) is 82.5. The number of nitrogens with zero attached hydrogens (tertiary/aromatic N) is 11. The number of ether oxygens (including phenoxy) is 7. The number of hydrogen-bond donors (Lipinski definition) is 1. The van der Waals surface area contributed by atoms with Crippen LogP contribution in [-0.2, 0) is 64.0 Å². The van der Waals surface area contributed by atoms with Gasteiger partial charge in [0.2, 0.25) is 11.9 Å². The van der Waals surface area contributed by atoms with Crippen molar-refractivity contribution in [2.24, 2.45) is 5.92 Å². The lowest BCUT2D eigenvalue weighted by Crippen LogP contribution is -2.47. The van der Waals surface area contributed by atoms with E-state index in [1.807, 2.05) is 77.2 Å². The number of likely N-dealkylation sites (N-methyl/N-ethyl adjacent to an activating group) is 1. The highest BCUT2D eigenvalue weighted by atomic mass is 35.5. The number of ketones is 1. The Morgan fingerprint density at radius 1 is 0.619 bits per heavy atom. The van der Waals surface area contributed by atoms with E-state index >= 15 is 0 Å². The fourth-order valence-electron chi connectivity index (χ4n) is 16.9. The van der Waals surface area contributed by atoms with Gasteiger partial charge in [0.25, 0.3) is 5.91 Å². The molecule has 16 rings (SSSR count). The molecular formula is C105H120Cl2F4N12O15S. The van der Waals surface area contributed by atoms with Crippen LogP contribution in [0, 0.1) is 11.7 Å². The van der Waals surface area contributed by atoms with Gasteiger partial charge in [-0.1, -0.05) is 104 Å². The molecule has 139 heavy (non-hydrogen) atoms. The Hall–Kier alpha value is -12.9. The predicted molar refractivity (Wildman–Crippen MR) is 534 cm³/mol. The highest BCUT2D eigenvalue weighted by Gasteiger charge is 2.35. The number of piperazine rings is 2. The van der Waals surface area contributed by atoms with Gasteiger partial charge in [0, 0.05) is 164 Å². The number of rotatable bonds is 32. The number of alkyl halides is 3. The van der Waals surface area contributed by atoms with Gasteiger partial charge in [0.15, 0.2) is 17.3 Å². The number of nitrogens with one attached hydrogen (secondary N) is 1. The van der Waals surface area contributed by atoms with Crippen molar-refractivity contribution in [3.8, 4) is 28.7 Å². The molecule has 1 N–H and O–H groups in total. The fourth-order valence-corrected chi connectivity index (χ4v) is 18.6. The minimum atomic E-state index is -4.38. The Morgan fingerprint density at radius 2 is 1.31 bits per heavy atom. The molecule has 1 aliphatic carbocycles. The third-order valence-corrected chi connectivity index (χ3v) is 26.5. The topological polar surface area (TPSA) is 268 Å². The maximum absolute atomic E-state index is 14.0. The van der Waals surface area contributed by atoms with E-state index in [0.717, 1.165) is 124 Å². The van der Waals surface area contributed by atoms with Crippen LogP contribution < -0.4 is 49.4 Å². The molecule has 0 bridgehead atoms. The average Bonchev–Trinajstić information content (AvgIpc) is 1.62. The third kappa shape index (κ3) is 28.0. The smallest absolute Gasteiger partial charge is 0.416 e. The summed E-state index contributed by atoms with van der Waals surface area (Å²) in [5, 5.41) is 6.30. The quantitative estimate of drug-likeness (QED) is 0.0233. The van der Waals surface area contributed by atoms with Gasteiger partial charge in [-0.2, -0.15) is 13.2 Å². The van der Waals surface area contributed by atoms with E-state index in [4.69, 9.17) is 60.8 Å². The first-order valence-corrected chi connectivity index (χ1v) is 48.4. The van der Waals surface area contributed by atoms with Gasteiger partial charge in [0.05, 0.1) is 127 Å². The van der Waals surface area contributed by atoms with Crippen LogP contribution >= 0.6 is 23.2 Å². The number of carbonyl (C=O) groups is 5. The summed E-state index contributed by atoms with van der Waals surface area (Å²) in [5.41, 5.74) is 6.64. The van der Waals surface area contributed by atoms with Gasteiger partial charge in [0.1, 0.15) is 34.4 Å². The summed E-state index contributed by atoms with van der Waals surface area (Å²) in [7, 11) is 8.28. The molecule has 9 aromatic carbocycles. The minimum absolute atomic E-state index is 0.0338. The second-order valence-corrected chi connectivity index (χ2v) is 36.0. The normalized spacial score (nSPS) is 14.6. The number of piperidine rings is 1. The molecule has 27 nitrogen and oxygen atoms in total. The molecule has 738 valence electrons. The Morgan fingerprint density at radius 3 is 1.97 bits per heavy atom. The van der Waals surface area contributed by atoms with Crippen molar-refractivity contribution in [2.45, 2.75) is 117 Å². The van der Waals surface area contributed by atoms with Crippen molar-refractivity contribution >= 4 is 108 Å². The molecule has 4 fully saturated rings. The van der Waals surface area contributed by atoms with Gasteiger partial charge in [-0.25, -0.2) is 28.7 Å². The van der Waals surface area contributed by atoms with Gasteiger partial charge in [-0.3, -0.25) is 37.5 Å². The number of aromatic nitrogens is 4. The standard InChI is InChI=1S/C25H30N4O2.C23H31N3O4.C19H21Cl2NO2S.C19H18F4N2O.C19H20N2O6/c1-3-16-31-23-12-11-19-8-4-5-10-21(19)22(23)18-28(2)24(30)20-9-6-15-29(17-20)25-26-13-7-14-27-25;1-5-25-10-12-26(13-11-25)16-17-6-8-18(9-7-17)24-23(27)19-14-21(29-3)22(30-4)15-20(19)28-2;1-24-17-7-2-14(3-8-17)13-22(16-5-6-16)10-11-25(23)19-12-15(20)4-9-18(19)21;1-13(26)18-16(20)6-3-7-17(18)25-10-8-24(9-11-25)15-5-2-4-14(12-15)19(21,22)23;1-4-20-14-7-6-12(17(22)26-5-2)10-15(14)21(19(20)24)11-16-13(8-9-27-16)18(23)25-3/h4-5,7-8,10-14,20H,3,6,9,15-18H2,1-2H3;6-9,14-15H,5,10-13,16H2,1-4H3,(H,24,27);2-4,7-9,12,16H,5-6,10-11,13H2,1H3;2-7,12H,8-11H2,1H3;6-10H,4-5,11H2,1-3H3. The second-order valence-electron chi connectivity index (χ2n) is 33.6. The van der Waals surface area contributed by atoms with E-state index < -0.39 is 40.3 Å². The molecule has 0 spiro atoms. The van der Waals surface area contributed by atoms with Crippen LogP contribution in [0.5, 0.6) is 28.7 Å². The summed E-state index contributed by atoms with van der Waals surface area (Å²) in [6, 6.07) is 55.5. The van der Waals surface area contributed by atoms with Crippen LogP contribution in [0.2, 0.25) is 10.0 Å². The van der Waals surface area contributed by atoms with Crippen LogP contribution in [0.25, 0.3) is 21.8 Å². The summed E-state index contributed by atoms with van der Waals surface area (Å²) in [4.78, 5) is 99.1. The summed E-state index contributed by atoms with van der Waals surface area (Å²) in [6.45, 7) is 22.7. The number of carbonyl (C=O) groups excluding carboxylic acids is 5. The maximum Gasteiger partial charge on any atom is 0.416 e. The molecule has 4 aliphatic rings. The molecule has 2 unspecified atom stereocenters. The molecule has 2 atom stereocenters. The number of furan rings is 1.